The fourth-order valence-corrected chi connectivity index (χ4v) is 4.78. The van der Waals surface area contributed by atoms with E-state index in [2.05, 4.69) is 5.32 Å². The van der Waals surface area contributed by atoms with Gasteiger partial charge in [0.15, 0.2) is 0 Å². The van der Waals surface area contributed by atoms with Gasteiger partial charge in [-0.3, -0.25) is 9.10 Å². The summed E-state index contributed by atoms with van der Waals surface area (Å²) < 4.78 is 26.3. The van der Waals surface area contributed by atoms with Gasteiger partial charge >= 0.3 is 0 Å². The standard InChI is InChI=1S/C23H26N2O3S/c1-4-22(25(29(3,27)28)20-13-7-9-17(2)15-20)23(26)24-16-19-12-8-11-18-10-5-6-14-21(18)19/h5-15,22H,4,16H2,1-3H3,(H,24,26). The molecule has 0 bridgehead atoms. The Balaban J connectivity index is 1.86. The molecule has 152 valence electrons. The number of hydrogen-bond acceptors (Lipinski definition) is 3. The summed E-state index contributed by atoms with van der Waals surface area (Å²) in [5.41, 5.74) is 2.43. The summed E-state index contributed by atoms with van der Waals surface area (Å²) in [5.74, 6) is -0.313. The van der Waals surface area contributed by atoms with Gasteiger partial charge in [-0.2, -0.15) is 0 Å². The lowest BCUT2D eigenvalue weighted by molar-refractivity contribution is -0.122. The van der Waals surface area contributed by atoms with Crippen LogP contribution in [-0.2, 0) is 21.4 Å². The van der Waals surface area contributed by atoms with E-state index in [1.54, 1.807) is 18.2 Å². The van der Waals surface area contributed by atoms with Gasteiger partial charge in [0.1, 0.15) is 6.04 Å². The third kappa shape index (κ3) is 4.77. The zero-order chi connectivity index (χ0) is 21.0. The third-order valence-electron chi connectivity index (χ3n) is 4.92. The molecule has 3 aromatic rings. The number of sulfonamides is 1. The maximum atomic E-state index is 13.0. The Hall–Kier alpha value is -2.86. The first-order chi connectivity index (χ1) is 13.8. The van der Waals surface area contributed by atoms with E-state index in [1.807, 2.05) is 62.4 Å². The Labute approximate surface area is 172 Å². The first-order valence-corrected chi connectivity index (χ1v) is 11.5. The number of rotatable bonds is 7. The minimum Gasteiger partial charge on any atom is -0.350 e. The van der Waals surface area contributed by atoms with Crippen molar-refractivity contribution in [3.63, 3.8) is 0 Å². The first-order valence-electron chi connectivity index (χ1n) is 9.61. The summed E-state index contributed by atoms with van der Waals surface area (Å²) in [6, 6.07) is 20.3. The molecule has 0 heterocycles. The van der Waals surface area contributed by atoms with E-state index in [0.29, 0.717) is 18.7 Å². The topological polar surface area (TPSA) is 66.5 Å². The van der Waals surface area contributed by atoms with Crippen LogP contribution < -0.4 is 9.62 Å². The van der Waals surface area contributed by atoms with Crippen molar-refractivity contribution in [3.05, 3.63) is 77.9 Å². The molecule has 3 rings (SSSR count). The van der Waals surface area contributed by atoms with Gasteiger partial charge in [0.25, 0.3) is 0 Å². The van der Waals surface area contributed by atoms with Crippen molar-refractivity contribution in [1.29, 1.82) is 0 Å². The molecule has 1 unspecified atom stereocenters. The van der Waals surface area contributed by atoms with Gasteiger partial charge in [0, 0.05) is 6.54 Å². The van der Waals surface area contributed by atoms with E-state index >= 15 is 0 Å². The van der Waals surface area contributed by atoms with Gasteiger partial charge < -0.3 is 5.32 Å². The largest absolute Gasteiger partial charge is 0.350 e. The highest BCUT2D eigenvalue weighted by Gasteiger charge is 2.31. The molecule has 0 spiro atoms. The van der Waals surface area contributed by atoms with Crippen molar-refractivity contribution in [2.75, 3.05) is 10.6 Å². The fraction of sp³-hybridized carbons (Fsp3) is 0.261. The second-order valence-corrected chi connectivity index (χ2v) is 9.04. The summed E-state index contributed by atoms with van der Waals surface area (Å²) in [6.07, 6.45) is 1.50. The van der Waals surface area contributed by atoms with Crippen molar-refractivity contribution in [2.24, 2.45) is 0 Å². The maximum absolute atomic E-state index is 13.0. The number of carbonyl (C=O) groups is 1. The van der Waals surface area contributed by atoms with Gasteiger partial charge in [-0.15, -0.1) is 0 Å². The Kier molecular flexibility index (Phi) is 6.23. The molecule has 0 saturated heterocycles. The average molecular weight is 411 g/mol. The van der Waals surface area contributed by atoms with Crippen LogP contribution in [0, 0.1) is 6.92 Å². The monoisotopic (exact) mass is 410 g/mol. The molecule has 0 fully saturated rings. The van der Waals surface area contributed by atoms with Crippen LogP contribution in [0.5, 0.6) is 0 Å². The molecule has 0 aromatic heterocycles. The number of nitrogens with one attached hydrogen (secondary N) is 1. The molecule has 0 radical (unpaired) electrons. The molecule has 1 N–H and O–H groups in total. The molecule has 1 amide bonds. The highest BCUT2D eigenvalue weighted by atomic mass is 32.2. The Morgan fingerprint density at radius 1 is 1.03 bits per heavy atom. The number of benzene rings is 3. The van der Waals surface area contributed by atoms with Crippen LogP contribution in [0.2, 0.25) is 0 Å². The van der Waals surface area contributed by atoms with Crippen LogP contribution in [0.3, 0.4) is 0 Å². The molecule has 0 aliphatic carbocycles. The Morgan fingerprint density at radius 3 is 2.41 bits per heavy atom. The lowest BCUT2D eigenvalue weighted by Gasteiger charge is -2.30. The predicted octanol–water partition coefficient (Wildman–Crippen LogP) is 4.01. The van der Waals surface area contributed by atoms with Crippen LogP contribution in [0.25, 0.3) is 10.8 Å². The van der Waals surface area contributed by atoms with E-state index < -0.39 is 16.1 Å². The van der Waals surface area contributed by atoms with Crippen molar-refractivity contribution in [1.82, 2.24) is 5.32 Å². The van der Waals surface area contributed by atoms with E-state index in [-0.39, 0.29) is 5.91 Å². The quantitative estimate of drug-likeness (QED) is 0.640. The number of aryl methyl sites for hydroxylation is 1. The molecular weight excluding hydrogens is 384 g/mol. The second-order valence-electron chi connectivity index (χ2n) is 7.18. The maximum Gasteiger partial charge on any atom is 0.244 e. The van der Waals surface area contributed by atoms with Gasteiger partial charge in [0.2, 0.25) is 15.9 Å². The average Bonchev–Trinajstić information content (AvgIpc) is 2.69. The number of anilines is 1. The predicted molar refractivity (Wildman–Crippen MR) is 118 cm³/mol. The molecule has 3 aromatic carbocycles. The van der Waals surface area contributed by atoms with Gasteiger partial charge in [-0.05, 0) is 47.4 Å². The van der Waals surface area contributed by atoms with Crippen molar-refractivity contribution < 1.29 is 13.2 Å². The van der Waals surface area contributed by atoms with Gasteiger partial charge in [-0.1, -0.05) is 61.5 Å². The van der Waals surface area contributed by atoms with Crippen molar-refractivity contribution in [3.8, 4) is 0 Å². The zero-order valence-electron chi connectivity index (χ0n) is 16.9. The van der Waals surface area contributed by atoms with E-state index in [1.165, 1.54) is 4.31 Å². The summed E-state index contributed by atoms with van der Waals surface area (Å²) in [5, 5.41) is 5.11. The number of hydrogen-bond donors (Lipinski definition) is 1. The highest BCUT2D eigenvalue weighted by molar-refractivity contribution is 7.92. The summed E-state index contributed by atoms with van der Waals surface area (Å²) >= 11 is 0. The highest BCUT2D eigenvalue weighted by Crippen LogP contribution is 2.24. The Bertz CT molecular complexity index is 1120. The SMILES string of the molecule is CCC(C(=O)NCc1cccc2ccccc12)N(c1cccc(C)c1)S(C)(=O)=O. The minimum atomic E-state index is -3.64. The summed E-state index contributed by atoms with van der Waals surface area (Å²) in [7, 11) is -3.64. The molecule has 1 atom stereocenters. The van der Waals surface area contributed by atoms with Gasteiger partial charge in [-0.25, -0.2) is 8.42 Å². The van der Waals surface area contributed by atoms with Crippen molar-refractivity contribution in [2.45, 2.75) is 32.9 Å². The summed E-state index contributed by atoms with van der Waals surface area (Å²) in [4.78, 5) is 13.0. The molecular formula is C23H26N2O3S. The zero-order valence-corrected chi connectivity index (χ0v) is 17.7. The van der Waals surface area contributed by atoms with Gasteiger partial charge in [0.05, 0.1) is 11.9 Å². The number of amides is 1. The van der Waals surface area contributed by atoms with Crippen LogP contribution in [0.4, 0.5) is 5.69 Å². The van der Waals surface area contributed by atoms with E-state index in [9.17, 15) is 13.2 Å². The second kappa shape index (κ2) is 8.66. The smallest absolute Gasteiger partial charge is 0.244 e. The number of carbonyl (C=O) groups excluding carboxylic acids is 1. The van der Waals surface area contributed by atoms with E-state index in [4.69, 9.17) is 0 Å². The van der Waals surface area contributed by atoms with Crippen molar-refractivity contribution >= 4 is 32.4 Å². The third-order valence-corrected chi connectivity index (χ3v) is 6.10. The molecule has 29 heavy (non-hydrogen) atoms. The minimum absolute atomic E-state index is 0.313. The lowest BCUT2D eigenvalue weighted by Crippen LogP contribution is -2.49. The van der Waals surface area contributed by atoms with Crippen LogP contribution in [-0.4, -0.2) is 26.6 Å². The Morgan fingerprint density at radius 2 is 1.72 bits per heavy atom. The normalized spacial score (nSPS) is 12.5. The van der Waals surface area contributed by atoms with Crippen LogP contribution >= 0.6 is 0 Å². The number of nitrogens with zero attached hydrogens (tertiary/aromatic N) is 1. The fourth-order valence-electron chi connectivity index (χ4n) is 3.57. The molecule has 0 aliphatic rings. The van der Waals surface area contributed by atoms with Crippen LogP contribution in [0.15, 0.2) is 66.7 Å². The first kappa shape index (κ1) is 20.9. The number of fused-ring (bicyclic) bond motifs is 1. The lowest BCUT2D eigenvalue weighted by atomic mass is 10.0. The molecule has 6 heteroatoms. The summed E-state index contributed by atoms with van der Waals surface area (Å²) in [6.45, 7) is 4.05. The molecule has 0 aliphatic heterocycles. The van der Waals surface area contributed by atoms with Crippen LogP contribution in [0.1, 0.15) is 24.5 Å². The molecule has 0 saturated carbocycles. The van der Waals surface area contributed by atoms with E-state index in [0.717, 1.165) is 28.2 Å². The molecule has 5 nitrogen and oxygen atoms in total.